The van der Waals surface area contributed by atoms with Crippen LogP contribution in [0.25, 0.3) is 0 Å². The van der Waals surface area contributed by atoms with Gasteiger partial charge in [-0.05, 0) is 44.6 Å². The minimum Gasteiger partial charge on any atom is -0.376 e. The number of hydrogen-bond acceptors (Lipinski definition) is 4. The monoisotopic (exact) mass is 356 g/mol. The molecule has 5 nitrogen and oxygen atoms in total. The van der Waals surface area contributed by atoms with Crippen LogP contribution in [0.5, 0.6) is 0 Å². The molecule has 0 saturated carbocycles. The average molecular weight is 356 g/mol. The second-order valence-electron chi connectivity index (χ2n) is 7.13. The van der Waals surface area contributed by atoms with Crippen LogP contribution < -0.4 is 0 Å². The normalized spacial score (nSPS) is 15.4. The predicted octanol–water partition coefficient (Wildman–Crippen LogP) is 3.68. The topological polar surface area (TPSA) is 55.6 Å². The van der Waals surface area contributed by atoms with E-state index in [-0.39, 0.29) is 5.91 Å². The number of ether oxygens (including phenoxy) is 1. The highest BCUT2D eigenvalue weighted by molar-refractivity contribution is 5.76. The van der Waals surface area contributed by atoms with E-state index >= 15 is 0 Å². The Morgan fingerprint density at radius 3 is 2.62 bits per heavy atom. The molecule has 1 aliphatic heterocycles. The molecule has 1 saturated heterocycles. The van der Waals surface area contributed by atoms with Crippen LogP contribution in [0, 0.1) is 19.8 Å². The van der Waals surface area contributed by atoms with E-state index in [4.69, 9.17) is 9.26 Å². The Labute approximate surface area is 155 Å². The highest BCUT2D eigenvalue weighted by atomic mass is 16.5. The summed E-state index contributed by atoms with van der Waals surface area (Å²) in [6, 6.07) is 10.2. The molecule has 26 heavy (non-hydrogen) atoms. The molecule has 0 N–H and O–H groups in total. The summed E-state index contributed by atoms with van der Waals surface area (Å²) >= 11 is 0. The molecule has 0 radical (unpaired) electrons. The molecule has 0 aliphatic carbocycles. The standard InChI is InChI=1S/C21H28N2O3/c1-16-20(17(2)26-22-16)8-9-21(24)23-12-10-19(11-13-23)15-25-14-18-6-4-3-5-7-18/h3-7,19H,8-15H2,1-2H3. The molecule has 2 heterocycles. The first-order chi connectivity index (χ1) is 12.6. The number of carbonyl (C=O) groups excluding carboxylic acids is 1. The van der Waals surface area contributed by atoms with Crippen LogP contribution in [0.4, 0.5) is 0 Å². The van der Waals surface area contributed by atoms with Gasteiger partial charge >= 0.3 is 0 Å². The van der Waals surface area contributed by atoms with E-state index in [2.05, 4.69) is 17.3 Å². The number of aromatic nitrogens is 1. The lowest BCUT2D eigenvalue weighted by molar-refractivity contribution is -0.132. The van der Waals surface area contributed by atoms with E-state index in [0.29, 0.717) is 25.4 Å². The van der Waals surface area contributed by atoms with E-state index in [9.17, 15) is 4.79 Å². The van der Waals surface area contributed by atoms with Crippen molar-refractivity contribution in [1.82, 2.24) is 10.1 Å². The van der Waals surface area contributed by atoms with Crippen molar-refractivity contribution in [1.29, 1.82) is 0 Å². The number of benzene rings is 1. The van der Waals surface area contributed by atoms with E-state index in [0.717, 1.165) is 49.6 Å². The highest BCUT2D eigenvalue weighted by Crippen LogP contribution is 2.20. The molecule has 140 valence electrons. The van der Waals surface area contributed by atoms with Gasteiger partial charge < -0.3 is 14.2 Å². The zero-order valence-electron chi connectivity index (χ0n) is 15.7. The largest absolute Gasteiger partial charge is 0.376 e. The second kappa shape index (κ2) is 8.99. The maximum atomic E-state index is 12.5. The first-order valence-corrected chi connectivity index (χ1v) is 9.44. The molecule has 1 fully saturated rings. The van der Waals surface area contributed by atoms with Gasteiger partial charge in [-0.25, -0.2) is 0 Å². The molecule has 3 rings (SSSR count). The number of likely N-dealkylation sites (tertiary alicyclic amines) is 1. The Bertz CT molecular complexity index is 684. The summed E-state index contributed by atoms with van der Waals surface area (Å²) < 4.78 is 11.0. The zero-order valence-corrected chi connectivity index (χ0v) is 15.7. The summed E-state index contributed by atoms with van der Waals surface area (Å²) in [5.41, 5.74) is 3.17. The van der Waals surface area contributed by atoms with Gasteiger partial charge in [0.1, 0.15) is 5.76 Å². The SMILES string of the molecule is Cc1noc(C)c1CCC(=O)N1CCC(COCc2ccccc2)CC1. The van der Waals surface area contributed by atoms with Crippen LogP contribution in [0.3, 0.4) is 0 Å². The van der Waals surface area contributed by atoms with Crippen molar-refractivity contribution in [3.8, 4) is 0 Å². The van der Waals surface area contributed by atoms with Crippen LogP contribution in [0.2, 0.25) is 0 Å². The molecule has 1 aromatic carbocycles. The molecule has 1 aromatic heterocycles. The molecular weight excluding hydrogens is 328 g/mol. The molecule has 1 aliphatic rings. The third-order valence-corrected chi connectivity index (χ3v) is 5.20. The van der Waals surface area contributed by atoms with Gasteiger partial charge in [0.2, 0.25) is 5.91 Å². The molecule has 2 aromatic rings. The molecule has 0 spiro atoms. The highest BCUT2D eigenvalue weighted by Gasteiger charge is 2.23. The molecule has 5 heteroatoms. The molecule has 0 unspecified atom stereocenters. The van der Waals surface area contributed by atoms with Gasteiger partial charge in [-0.1, -0.05) is 35.5 Å². The quantitative estimate of drug-likeness (QED) is 0.759. The Hall–Kier alpha value is -2.14. The lowest BCUT2D eigenvalue weighted by atomic mass is 9.97. The number of nitrogens with zero attached hydrogens (tertiary/aromatic N) is 2. The lowest BCUT2D eigenvalue weighted by Crippen LogP contribution is -2.39. The van der Waals surface area contributed by atoms with Gasteiger partial charge in [-0.15, -0.1) is 0 Å². The summed E-state index contributed by atoms with van der Waals surface area (Å²) in [4.78, 5) is 14.5. The smallest absolute Gasteiger partial charge is 0.222 e. The summed E-state index contributed by atoms with van der Waals surface area (Å²) in [5.74, 6) is 1.60. The average Bonchev–Trinajstić information content (AvgIpc) is 2.99. The number of carbonyl (C=O) groups is 1. The van der Waals surface area contributed by atoms with Crippen molar-refractivity contribution in [2.24, 2.45) is 5.92 Å². The number of aryl methyl sites for hydroxylation is 2. The van der Waals surface area contributed by atoms with Crippen molar-refractivity contribution in [2.45, 2.75) is 46.1 Å². The van der Waals surface area contributed by atoms with Crippen molar-refractivity contribution < 1.29 is 14.1 Å². The van der Waals surface area contributed by atoms with Crippen LogP contribution in [0.15, 0.2) is 34.9 Å². The summed E-state index contributed by atoms with van der Waals surface area (Å²) in [7, 11) is 0. The minimum absolute atomic E-state index is 0.230. The fourth-order valence-corrected chi connectivity index (χ4v) is 3.52. The Balaban J connectivity index is 1.36. The van der Waals surface area contributed by atoms with E-state index in [1.807, 2.05) is 36.9 Å². The van der Waals surface area contributed by atoms with Gasteiger partial charge in [0.15, 0.2) is 0 Å². The summed E-state index contributed by atoms with van der Waals surface area (Å²) in [5, 5.41) is 3.95. The predicted molar refractivity (Wildman–Crippen MR) is 99.7 cm³/mol. The van der Waals surface area contributed by atoms with Gasteiger partial charge in [-0.2, -0.15) is 0 Å². The van der Waals surface area contributed by atoms with Crippen LogP contribution in [0.1, 0.15) is 41.8 Å². The van der Waals surface area contributed by atoms with E-state index < -0.39 is 0 Å². The number of amides is 1. The van der Waals surface area contributed by atoms with Crippen LogP contribution in [-0.2, 0) is 22.6 Å². The van der Waals surface area contributed by atoms with Gasteiger partial charge in [0.05, 0.1) is 12.3 Å². The fourth-order valence-electron chi connectivity index (χ4n) is 3.52. The summed E-state index contributed by atoms with van der Waals surface area (Å²) in [6.07, 6.45) is 3.27. The third-order valence-electron chi connectivity index (χ3n) is 5.20. The second-order valence-corrected chi connectivity index (χ2v) is 7.13. The van der Waals surface area contributed by atoms with E-state index in [1.165, 1.54) is 5.56 Å². The zero-order chi connectivity index (χ0) is 18.4. The number of hydrogen-bond donors (Lipinski definition) is 0. The Kier molecular flexibility index (Phi) is 6.45. The van der Waals surface area contributed by atoms with Crippen molar-refractivity contribution in [2.75, 3.05) is 19.7 Å². The van der Waals surface area contributed by atoms with Crippen molar-refractivity contribution in [3.05, 3.63) is 52.9 Å². The lowest BCUT2D eigenvalue weighted by Gasteiger charge is -2.32. The molecule has 0 atom stereocenters. The third kappa shape index (κ3) is 4.94. The van der Waals surface area contributed by atoms with Crippen molar-refractivity contribution >= 4 is 5.91 Å². The van der Waals surface area contributed by atoms with Crippen molar-refractivity contribution in [3.63, 3.8) is 0 Å². The fraction of sp³-hybridized carbons (Fsp3) is 0.524. The first-order valence-electron chi connectivity index (χ1n) is 9.44. The van der Waals surface area contributed by atoms with E-state index in [1.54, 1.807) is 0 Å². The van der Waals surface area contributed by atoms with Gasteiger partial charge in [0, 0.05) is 31.7 Å². The maximum Gasteiger partial charge on any atom is 0.222 e. The Morgan fingerprint density at radius 2 is 1.96 bits per heavy atom. The summed E-state index contributed by atoms with van der Waals surface area (Å²) in [6.45, 7) is 6.94. The minimum atomic E-state index is 0.230. The molecular formula is C21H28N2O3. The first kappa shape index (κ1) is 18.6. The van der Waals surface area contributed by atoms with Gasteiger partial charge in [-0.3, -0.25) is 4.79 Å². The maximum absolute atomic E-state index is 12.5. The number of rotatable bonds is 7. The van der Waals surface area contributed by atoms with Crippen LogP contribution in [-0.4, -0.2) is 35.7 Å². The molecule has 1 amide bonds. The number of piperidine rings is 1. The van der Waals surface area contributed by atoms with Crippen LogP contribution >= 0.6 is 0 Å². The van der Waals surface area contributed by atoms with Gasteiger partial charge in [0.25, 0.3) is 0 Å². The Morgan fingerprint density at radius 1 is 1.23 bits per heavy atom. The molecule has 0 bridgehead atoms.